The van der Waals surface area contributed by atoms with Crippen molar-refractivity contribution in [2.75, 3.05) is 6.54 Å². The summed E-state index contributed by atoms with van der Waals surface area (Å²) in [5.41, 5.74) is 0.477. The highest BCUT2D eigenvalue weighted by atomic mass is 32.2. The summed E-state index contributed by atoms with van der Waals surface area (Å²) in [5.74, 6) is 0. The van der Waals surface area contributed by atoms with E-state index in [0.29, 0.717) is 5.56 Å². The van der Waals surface area contributed by atoms with E-state index in [2.05, 4.69) is 0 Å². The average molecular weight is 283 g/mol. The van der Waals surface area contributed by atoms with Crippen molar-refractivity contribution in [1.29, 1.82) is 0 Å². The van der Waals surface area contributed by atoms with Crippen LogP contribution in [0.4, 0.5) is 13.2 Å². The third kappa shape index (κ3) is 4.28. The van der Waals surface area contributed by atoms with Gasteiger partial charge in [-0.25, -0.2) is 13.1 Å². The van der Waals surface area contributed by atoms with Crippen molar-refractivity contribution in [3.05, 3.63) is 29.8 Å². The molecule has 18 heavy (non-hydrogen) atoms. The molecule has 0 aliphatic carbocycles. The van der Waals surface area contributed by atoms with Gasteiger partial charge in [0.15, 0.2) is 0 Å². The van der Waals surface area contributed by atoms with E-state index in [4.69, 9.17) is 0 Å². The zero-order valence-corrected chi connectivity index (χ0v) is 10.2. The molecule has 1 unspecified atom stereocenters. The zero-order valence-electron chi connectivity index (χ0n) is 9.40. The second-order valence-electron chi connectivity index (χ2n) is 3.68. The Balaban J connectivity index is 2.86. The molecule has 0 bridgehead atoms. The molecular weight excluding hydrogens is 271 g/mol. The molecule has 1 rings (SSSR count). The first kappa shape index (κ1) is 14.9. The van der Waals surface area contributed by atoms with Gasteiger partial charge in [0.1, 0.15) is 6.54 Å². The number of alkyl halides is 3. The molecule has 0 saturated heterocycles. The van der Waals surface area contributed by atoms with Gasteiger partial charge in [0.25, 0.3) is 0 Å². The Hall–Kier alpha value is -1.12. The van der Waals surface area contributed by atoms with Crippen molar-refractivity contribution >= 4 is 10.0 Å². The standard InChI is InChI=1S/C10H12F3NO3S/c1-7(15)8-2-4-9(5-3-8)18(16,17)14-6-10(11,12)13/h2-5,7,14-15H,6H2,1H3. The van der Waals surface area contributed by atoms with E-state index in [1.807, 2.05) is 0 Å². The molecule has 2 N–H and O–H groups in total. The molecule has 0 aliphatic heterocycles. The van der Waals surface area contributed by atoms with E-state index >= 15 is 0 Å². The van der Waals surface area contributed by atoms with Gasteiger partial charge in [-0.05, 0) is 24.6 Å². The minimum atomic E-state index is -4.60. The van der Waals surface area contributed by atoms with Crippen LogP contribution in [0, 0.1) is 0 Å². The normalized spacial score (nSPS) is 14.5. The van der Waals surface area contributed by atoms with Gasteiger partial charge in [0.05, 0.1) is 11.0 Å². The van der Waals surface area contributed by atoms with E-state index in [1.54, 1.807) is 0 Å². The second kappa shape index (κ2) is 5.25. The third-order valence-electron chi connectivity index (χ3n) is 2.14. The predicted molar refractivity (Wildman–Crippen MR) is 58.3 cm³/mol. The molecule has 0 radical (unpaired) electrons. The molecule has 0 heterocycles. The van der Waals surface area contributed by atoms with E-state index < -0.39 is 28.8 Å². The summed E-state index contributed by atoms with van der Waals surface area (Å²) in [6, 6.07) is 4.96. The SMILES string of the molecule is CC(O)c1ccc(S(=O)(=O)NCC(F)(F)F)cc1. The maximum atomic E-state index is 11.9. The fraction of sp³-hybridized carbons (Fsp3) is 0.400. The lowest BCUT2D eigenvalue weighted by Gasteiger charge is -2.10. The number of hydrogen-bond acceptors (Lipinski definition) is 3. The molecular formula is C10H12F3NO3S. The van der Waals surface area contributed by atoms with Crippen LogP contribution >= 0.6 is 0 Å². The summed E-state index contributed by atoms with van der Waals surface area (Å²) < 4.78 is 60.2. The summed E-state index contributed by atoms with van der Waals surface area (Å²) in [6.07, 6.45) is -5.38. The van der Waals surface area contributed by atoms with Crippen LogP contribution < -0.4 is 4.72 Å². The molecule has 0 aliphatic rings. The summed E-state index contributed by atoms with van der Waals surface area (Å²) in [4.78, 5) is -0.281. The smallest absolute Gasteiger partial charge is 0.389 e. The fourth-order valence-electron chi connectivity index (χ4n) is 1.19. The van der Waals surface area contributed by atoms with Crippen LogP contribution in [-0.4, -0.2) is 26.2 Å². The molecule has 1 atom stereocenters. The largest absolute Gasteiger partial charge is 0.402 e. The number of hydrogen-bond donors (Lipinski definition) is 2. The number of aliphatic hydroxyl groups excluding tert-OH is 1. The molecule has 1 aromatic carbocycles. The van der Waals surface area contributed by atoms with Crippen LogP contribution in [0.25, 0.3) is 0 Å². The highest BCUT2D eigenvalue weighted by Gasteiger charge is 2.29. The first-order valence-corrected chi connectivity index (χ1v) is 6.44. The van der Waals surface area contributed by atoms with Crippen LogP contribution in [-0.2, 0) is 10.0 Å². The second-order valence-corrected chi connectivity index (χ2v) is 5.45. The van der Waals surface area contributed by atoms with Gasteiger partial charge in [0.2, 0.25) is 10.0 Å². The van der Waals surface area contributed by atoms with E-state index in [1.165, 1.54) is 23.8 Å². The summed E-state index contributed by atoms with van der Waals surface area (Å²) >= 11 is 0. The highest BCUT2D eigenvalue weighted by Crippen LogP contribution is 2.17. The Bertz CT molecular complexity index is 494. The summed E-state index contributed by atoms with van der Waals surface area (Å²) in [6.45, 7) is -0.126. The monoisotopic (exact) mass is 283 g/mol. The van der Waals surface area contributed by atoms with Gasteiger partial charge >= 0.3 is 6.18 Å². The average Bonchev–Trinajstić information content (AvgIpc) is 2.26. The van der Waals surface area contributed by atoms with Crippen molar-refractivity contribution < 1.29 is 26.7 Å². The van der Waals surface area contributed by atoms with Crippen LogP contribution in [0.2, 0.25) is 0 Å². The third-order valence-corrected chi connectivity index (χ3v) is 3.55. The fourth-order valence-corrected chi connectivity index (χ4v) is 2.20. The Morgan fingerprint density at radius 2 is 1.78 bits per heavy atom. The molecule has 0 amide bonds. The van der Waals surface area contributed by atoms with Gasteiger partial charge in [-0.15, -0.1) is 0 Å². The van der Waals surface area contributed by atoms with E-state index in [9.17, 15) is 26.7 Å². The van der Waals surface area contributed by atoms with Crippen molar-refractivity contribution in [2.45, 2.75) is 24.1 Å². The van der Waals surface area contributed by atoms with Crippen LogP contribution in [0.1, 0.15) is 18.6 Å². The summed E-state index contributed by atoms with van der Waals surface area (Å²) in [7, 11) is -4.19. The molecule has 0 saturated carbocycles. The first-order chi connectivity index (χ1) is 8.12. The number of aliphatic hydroxyl groups is 1. The van der Waals surface area contributed by atoms with Gasteiger partial charge in [-0.3, -0.25) is 0 Å². The lowest BCUT2D eigenvalue weighted by molar-refractivity contribution is -0.121. The van der Waals surface area contributed by atoms with Crippen molar-refractivity contribution in [3.63, 3.8) is 0 Å². The van der Waals surface area contributed by atoms with E-state index in [-0.39, 0.29) is 4.90 Å². The van der Waals surface area contributed by atoms with E-state index in [0.717, 1.165) is 12.1 Å². The number of sulfonamides is 1. The van der Waals surface area contributed by atoms with Crippen molar-refractivity contribution in [1.82, 2.24) is 4.72 Å². The molecule has 1 aromatic rings. The number of benzene rings is 1. The maximum absolute atomic E-state index is 11.9. The Kier molecular flexibility index (Phi) is 4.36. The zero-order chi connectivity index (χ0) is 14.0. The number of halogens is 3. The Morgan fingerprint density at radius 3 is 2.17 bits per heavy atom. The molecule has 4 nitrogen and oxygen atoms in total. The molecule has 0 spiro atoms. The van der Waals surface area contributed by atoms with Crippen molar-refractivity contribution in [2.24, 2.45) is 0 Å². The maximum Gasteiger partial charge on any atom is 0.402 e. The van der Waals surface area contributed by atoms with Crippen LogP contribution in [0.3, 0.4) is 0 Å². The predicted octanol–water partition coefficient (Wildman–Crippen LogP) is 1.58. The quantitative estimate of drug-likeness (QED) is 0.881. The summed E-state index contributed by atoms with van der Waals surface area (Å²) in [5, 5.41) is 9.21. The minimum absolute atomic E-state index is 0.281. The number of rotatable bonds is 4. The van der Waals surface area contributed by atoms with Crippen LogP contribution in [0.5, 0.6) is 0 Å². The Morgan fingerprint density at radius 1 is 1.28 bits per heavy atom. The van der Waals surface area contributed by atoms with Gasteiger partial charge < -0.3 is 5.11 Å². The van der Waals surface area contributed by atoms with Crippen molar-refractivity contribution in [3.8, 4) is 0 Å². The first-order valence-electron chi connectivity index (χ1n) is 4.96. The Labute approximate surface area is 102 Å². The van der Waals surface area contributed by atoms with Crippen LogP contribution in [0.15, 0.2) is 29.2 Å². The lowest BCUT2D eigenvalue weighted by atomic mass is 10.1. The minimum Gasteiger partial charge on any atom is -0.389 e. The van der Waals surface area contributed by atoms with Gasteiger partial charge in [0, 0.05) is 0 Å². The molecule has 8 heteroatoms. The van der Waals surface area contributed by atoms with Gasteiger partial charge in [-0.1, -0.05) is 12.1 Å². The van der Waals surface area contributed by atoms with Gasteiger partial charge in [-0.2, -0.15) is 13.2 Å². The highest BCUT2D eigenvalue weighted by molar-refractivity contribution is 7.89. The number of nitrogens with one attached hydrogen (secondary N) is 1. The molecule has 0 fully saturated rings. The molecule has 102 valence electrons. The lowest BCUT2D eigenvalue weighted by Crippen LogP contribution is -2.33. The molecule has 0 aromatic heterocycles. The topological polar surface area (TPSA) is 66.4 Å².